The number of nitrogen functional groups attached to an aromatic ring is 1. The summed E-state index contributed by atoms with van der Waals surface area (Å²) in [6, 6.07) is 15.0. The highest BCUT2D eigenvalue weighted by molar-refractivity contribution is 6.00. The van der Waals surface area contributed by atoms with Crippen molar-refractivity contribution in [1.82, 2.24) is 4.90 Å². The van der Waals surface area contributed by atoms with Gasteiger partial charge in [0, 0.05) is 13.1 Å². The summed E-state index contributed by atoms with van der Waals surface area (Å²) in [4.78, 5) is 14.5. The first-order valence-electron chi connectivity index (χ1n) is 7.33. The molecule has 2 aromatic rings. The smallest absolute Gasteiger partial charge is 0.256 e. The van der Waals surface area contributed by atoms with Gasteiger partial charge in [0.25, 0.3) is 5.91 Å². The highest BCUT2D eigenvalue weighted by Gasteiger charge is 2.20. The van der Waals surface area contributed by atoms with Crippen LogP contribution in [0.2, 0.25) is 0 Å². The number of nitrogens with two attached hydrogens (primary N) is 1. The van der Waals surface area contributed by atoms with E-state index < -0.39 is 0 Å². The van der Waals surface area contributed by atoms with Crippen molar-refractivity contribution in [2.75, 3.05) is 37.4 Å². The maximum Gasteiger partial charge on any atom is 0.256 e. The van der Waals surface area contributed by atoms with Gasteiger partial charge in [-0.05, 0) is 24.3 Å². The van der Waals surface area contributed by atoms with Crippen LogP contribution < -0.4 is 11.1 Å². The van der Waals surface area contributed by atoms with E-state index in [-0.39, 0.29) is 5.91 Å². The molecule has 114 valence electrons. The van der Waals surface area contributed by atoms with Crippen LogP contribution in [0.5, 0.6) is 0 Å². The molecular formula is C17H19N3O2. The summed E-state index contributed by atoms with van der Waals surface area (Å²) in [7, 11) is 0. The molecule has 3 rings (SSSR count). The Morgan fingerprint density at radius 2 is 1.64 bits per heavy atom. The lowest BCUT2D eigenvalue weighted by molar-refractivity contribution is 0.0303. The molecule has 1 amide bonds. The van der Waals surface area contributed by atoms with Crippen LogP contribution in [0.3, 0.4) is 0 Å². The second-order valence-electron chi connectivity index (χ2n) is 5.16. The summed E-state index contributed by atoms with van der Waals surface area (Å²) < 4.78 is 5.30. The fourth-order valence-corrected chi connectivity index (χ4v) is 2.47. The molecule has 0 radical (unpaired) electrons. The van der Waals surface area contributed by atoms with Crippen LogP contribution >= 0.6 is 0 Å². The number of carbonyl (C=O) groups is 1. The average Bonchev–Trinajstić information content (AvgIpc) is 2.58. The van der Waals surface area contributed by atoms with E-state index in [1.165, 1.54) is 0 Å². The predicted molar refractivity (Wildman–Crippen MR) is 87.3 cm³/mol. The number of hydrogen-bond donors (Lipinski definition) is 2. The van der Waals surface area contributed by atoms with Crippen LogP contribution in [0, 0.1) is 0 Å². The van der Waals surface area contributed by atoms with Crippen LogP contribution in [0.4, 0.5) is 17.1 Å². The van der Waals surface area contributed by atoms with Crippen molar-refractivity contribution in [1.29, 1.82) is 0 Å². The monoisotopic (exact) mass is 297 g/mol. The third kappa shape index (κ3) is 3.04. The quantitative estimate of drug-likeness (QED) is 0.854. The molecule has 1 fully saturated rings. The van der Waals surface area contributed by atoms with Crippen molar-refractivity contribution in [3.63, 3.8) is 0 Å². The van der Waals surface area contributed by atoms with Gasteiger partial charge in [-0.2, -0.15) is 0 Å². The Morgan fingerprint density at radius 1 is 1.00 bits per heavy atom. The lowest BCUT2D eigenvalue weighted by atomic mass is 10.1. The number of benzene rings is 2. The second-order valence-corrected chi connectivity index (χ2v) is 5.16. The summed E-state index contributed by atoms with van der Waals surface area (Å²) in [6.07, 6.45) is 0. The Balaban J connectivity index is 1.86. The first kappa shape index (κ1) is 14.4. The Labute approximate surface area is 129 Å². The summed E-state index contributed by atoms with van der Waals surface area (Å²) in [5.74, 6) is 0.0147. The third-order valence-electron chi connectivity index (χ3n) is 3.69. The minimum atomic E-state index is 0.0147. The number of ether oxygens (including phenoxy) is 1. The predicted octanol–water partition coefficient (Wildman–Crippen LogP) is 2.48. The molecule has 0 unspecified atom stereocenters. The van der Waals surface area contributed by atoms with Crippen LogP contribution in [0.1, 0.15) is 10.4 Å². The summed E-state index contributed by atoms with van der Waals surface area (Å²) in [5.41, 5.74) is 8.82. The van der Waals surface area contributed by atoms with Gasteiger partial charge < -0.3 is 20.7 Å². The van der Waals surface area contributed by atoms with Gasteiger partial charge in [-0.1, -0.05) is 24.3 Å². The number of nitrogens with one attached hydrogen (secondary N) is 1. The lowest BCUT2D eigenvalue weighted by Crippen LogP contribution is -2.40. The minimum Gasteiger partial charge on any atom is -0.397 e. The molecule has 3 N–H and O–H groups in total. The Kier molecular flexibility index (Phi) is 4.25. The van der Waals surface area contributed by atoms with Gasteiger partial charge in [0.2, 0.25) is 0 Å². The van der Waals surface area contributed by atoms with Gasteiger partial charge in [0.1, 0.15) is 0 Å². The molecule has 0 spiro atoms. The number of rotatable bonds is 3. The van der Waals surface area contributed by atoms with Gasteiger partial charge in [-0.15, -0.1) is 0 Å². The Bertz CT molecular complexity index is 666. The van der Waals surface area contributed by atoms with Crippen molar-refractivity contribution in [2.45, 2.75) is 0 Å². The number of carbonyl (C=O) groups excluding carboxylic acids is 1. The maximum atomic E-state index is 12.7. The zero-order valence-corrected chi connectivity index (χ0v) is 12.3. The van der Waals surface area contributed by atoms with E-state index >= 15 is 0 Å². The Morgan fingerprint density at radius 3 is 2.36 bits per heavy atom. The van der Waals surface area contributed by atoms with Crippen LogP contribution in [0.25, 0.3) is 0 Å². The summed E-state index contributed by atoms with van der Waals surface area (Å²) in [5, 5.41) is 3.26. The van der Waals surface area contributed by atoms with E-state index in [1.807, 2.05) is 53.4 Å². The van der Waals surface area contributed by atoms with Gasteiger partial charge in [0.15, 0.2) is 0 Å². The highest BCUT2D eigenvalue weighted by atomic mass is 16.5. The first-order valence-corrected chi connectivity index (χ1v) is 7.33. The van der Waals surface area contributed by atoms with Crippen molar-refractivity contribution >= 4 is 23.0 Å². The van der Waals surface area contributed by atoms with E-state index in [0.29, 0.717) is 37.6 Å². The van der Waals surface area contributed by atoms with E-state index in [0.717, 1.165) is 11.4 Å². The molecule has 0 saturated carbocycles. The van der Waals surface area contributed by atoms with Gasteiger partial charge in [0.05, 0.1) is 35.8 Å². The number of nitrogens with zero attached hydrogens (tertiary/aromatic N) is 1. The molecule has 0 aliphatic carbocycles. The lowest BCUT2D eigenvalue weighted by Gasteiger charge is -2.27. The molecule has 1 aliphatic rings. The number of morpholine rings is 1. The normalized spacial score (nSPS) is 14.6. The van der Waals surface area contributed by atoms with Crippen LogP contribution in [-0.4, -0.2) is 37.1 Å². The molecule has 0 bridgehead atoms. The van der Waals surface area contributed by atoms with E-state index in [2.05, 4.69) is 5.32 Å². The molecule has 5 nitrogen and oxygen atoms in total. The number of amides is 1. The number of hydrogen-bond acceptors (Lipinski definition) is 4. The molecule has 1 heterocycles. The van der Waals surface area contributed by atoms with E-state index in [9.17, 15) is 4.79 Å². The highest BCUT2D eigenvalue weighted by Crippen LogP contribution is 2.26. The average molecular weight is 297 g/mol. The van der Waals surface area contributed by atoms with Crippen LogP contribution in [0.15, 0.2) is 48.5 Å². The topological polar surface area (TPSA) is 67.6 Å². The standard InChI is InChI=1S/C17H19N3O2/c18-14-6-2-4-8-16(14)19-15-7-3-1-5-13(15)17(21)20-9-11-22-12-10-20/h1-8,19H,9-12,18H2. The second kappa shape index (κ2) is 6.49. The van der Waals surface area contributed by atoms with Crippen molar-refractivity contribution < 1.29 is 9.53 Å². The summed E-state index contributed by atoms with van der Waals surface area (Å²) >= 11 is 0. The molecule has 1 saturated heterocycles. The van der Waals surface area contributed by atoms with Crippen LogP contribution in [-0.2, 0) is 4.74 Å². The molecule has 1 aliphatic heterocycles. The molecule has 2 aromatic carbocycles. The zero-order chi connectivity index (χ0) is 15.4. The maximum absolute atomic E-state index is 12.7. The van der Waals surface area contributed by atoms with Crippen molar-refractivity contribution in [3.05, 3.63) is 54.1 Å². The molecule has 5 heteroatoms. The zero-order valence-electron chi connectivity index (χ0n) is 12.3. The fourth-order valence-electron chi connectivity index (χ4n) is 2.47. The summed E-state index contributed by atoms with van der Waals surface area (Å²) in [6.45, 7) is 2.43. The number of para-hydroxylation sites is 3. The number of anilines is 3. The van der Waals surface area contributed by atoms with Gasteiger partial charge in [-0.25, -0.2) is 0 Å². The molecular weight excluding hydrogens is 278 g/mol. The van der Waals surface area contributed by atoms with E-state index in [1.54, 1.807) is 0 Å². The molecule has 0 atom stereocenters. The van der Waals surface area contributed by atoms with Gasteiger partial charge >= 0.3 is 0 Å². The SMILES string of the molecule is Nc1ccccc1Nc1ccccc1C(=O)N1CCOCC1. The molecule has 22 heavy (non-hydrogen) atoms. The van der Waals surface area contributed by atoms with Crippen molar-refractivity contribution in [2.24, 2.45) is 0 Å². The van der Waals surface area contributed by atoms with Crippen molar-refractivity contribution in [3.8, 4) is 0 Å². The molecule has 0 aromatic heterocycles. The third-order valence-corrected chi connectivity index (χ3v) is 3.69. The largest absolute Gasteiger partial charge is 0.397 e. The first-order chi connectivity index (χ1) is 10.8. The van der Waals surface area contributed by atoms with E-state index in [4.69, 9.17) is 10.5 Å². The Hall–Kier alpha value is -2.53. The van der Waals surface area contributed by atoms with Gasteiger partial charge in [-0.3, -0.25) is 4.79 Å². The minimum absolute atomic E-state index is 0.0147. The fraction of sp³-hybridized carbons (Fsp3) is 0.235.